The Labute approximate surface area is 372 Å². The Balaban J connectivity index is 1.16. The van der Waals surface area contributed by atoms with Crippen molar-refractivity contribution in [2.24, 2.45) is 0 Å². The lowest BCUT2D eigenvalue weighted by Crippen LogP contribution is -2.10. The second-order valence-electron chi connectivity index (χ2n) is 17.5. The quantitative estimate of drug-likeness (QED) is 0.137. The average Bonchev–Trinajstić information content (AvgIpc) is 4.06. The summed E-state index contributed by atoms with van der Waals surface area (Å²) in [5.41, 5.74) is 17.3. The highest BCUT2D eigenvalue weighted by atomic mass is 15.2. The van der Waals surface area contributed by atoms with Crippen LogP contribution in [0.3, 0.4) is 0 Å². The maximum absolute atomic E-state index is 2.59. The third-order valence-corrected chi connectivity index (χ3v) is 13.7. The van der Waals surface area contributed by atoms with Gasteiger partial charge in [-0.2, -0.15) is 0 Å². The summed E-state index contributed by atoms with van der Waals surface area (Å²) in [4.78, 5) is 4.87. The number of fused-ring (bicyclic) bond motifs is 12. The van der Waals surface area contributed by atoms with Crippen molar-refractivity contribution < 1.29 is 0 Å². The molecule has 0 bridgehead atoms. The molecule has 4 heteroatoms. The lowest BCUT2D eigenvalue weighted by atomic mass is 10.0. The van der Waals surface area contributed by atoms with E-state index in [1.54, 1.807) is 0 Å². The number of aryl methyl sites for hydroxylation is 2. The number of anilines is 6. The molecule has 13 rings (SSSR count). The van der Waals surface area contributed by atoms with Crippen LogP contribution in [0.2, 0.25) is 0 Å². The number of rotatable bonds is 10. The van der Waals surface area contributed by atoms with Crippen molar-refractivity contribution in [1.29, 1.82) is 0 Å². The summed E-state index contributed by atoms with van der Waals surface area (Å²) < 4.78 is 5.19. The zero-order chi connectivity index (χ0) is 42.5. The molecule has 0 fully saturated rings. The second kappa shape index (κ2) is 14.4. The van der Waals surface area contributed by atoms with Gasteiger partial charge in [0, 0.05) is 65.8 Å². The van der Waals surface area contributed by atoms with Crippen LogP contribution >= 0.6 is 0 Å². The fourth-order valence-electron chi connectivity index (χ4n) is 11.1. The van der Waals surface area contributed by atoms with E-state index in [2.05, 4.69) is 227 Å². The Morgan fingerprint density at radius 3 is 1.00 bits per heavy atom. The predicted octanol–water partition coefficient (Wildman–Crippen LogP) is 16.8. The Bertz CT molecular complexity index is 3510. The zero-order valence-electron chi connectivity index (χ0n) is 36.1. The van der Waals surface area contributed by atoms with E-state index >= 15 is 0 Å². The Morgan fingerprint density at radius 1 is 0.328 bits per heavy atom. The van der Waals surface area contributed by atoms with E-state index in [0.29, 0.717) is 0 Å². The van der Waals surface area contributed by atoms with Crippen molar-refractivity contribution in [3.05, 3.63) is 205 Å². The fourth-order valence-corrected chi connectivity index (χ4v) is 11.1. The molecule has 0 amide bonds. The third kappa shape index (κ3) is 5.29. The largest absolute Gasteiger partial charge is 0.310 e. The van der Waals surface area contributed by atoms with Crippen LogP contribution in [0, 0.1) is 0 Å². The van der Waals surface area contributed by atoms with Gasteiger partial charge in [0.05, 0.1) is 44.5 Å². The maximum atomic E-state index is 2.59. The first-order valence-electron chi connectivity index (χ1n) is 22.9. The molecule has 0 aliphatic carbocycles. The van der Waals surface area contributed by atoms with Crippen molar-refractivity contribution in [1.82, 2.24) is 8.80 Å². The molecule has 4 aromatic heterocycles. The van der Waals surface area contributed by atoms with Crippen LogP contribution < -0.4 is 9.80 Å². The fraction of sp³-hybridized carbons (Fsp3) is 0.100. The number of hydrogen-bond donors (Lipinski definition) is 0. The molecule has 9 aromatic carbocycles. The van der Waals surface area contributed by atoms with E-state index in [1.165, 1.54) is 98.7 Å². The van der Waals surface area contributed by atoms with Crippen LogP contribution in [0.15, 0.2) is 194 Å². The Kier molecular flexibility index (Phi) is 8.26. The van der Waals surface area contributed by atoms with Crippen molar-refractivity contribution in [3.63, 3.8) is 0 Å². The molecule has 0 aliphatic heterocycles. The summed E-state index contributed by atoms with van der Waals surface area (Å²) >= 11 is 0. The van der Waals surface area contributed by atoms with Crippen LogP contribution in [0.25, 0.3) is 76.2 Å². The monoisotopic (exact) mass is 822 g/mol. The average molecular weight is 823 g/mol. The number of para-hydroxylation sites is 4. The number of hydrogen-bond acceptors (Lipinski definition) is 2. The van der Waals surface area contributed by atoms with Gasteiger partial charge in [-0.25, -0.2) is 0 Å². The molecule has 64 heavy (non-hydrogen) atoms. The summed E-state index contributed by atoms with van der Waals surface area (Å²) in [6, 6.07) is 72.2. The van der Waals surface area contributed by atoms with Gasteiger partial charge in [0.1, 0.15) is 0 Å². The van der Waals surface area contributed by atoms with Crippen molar-refractivity contribution in [3.8, 4) is 0 Å². The van der Waals surface area contributed by atoms with E-state index < -0.39 is 0 Å². The Morgan fingerprint density at radius 2 is 0.656 bits per heavy atom. The highest BCUT2D eigenvalue weighted by Gasteiger charge is 2.28. The van der Waals surface area contributed by atoms with E-state index in [9.17, 15) is 0 Å². The molecule has 0 saturated heterocycles. The molecule has 4 nitrogen and oxygen atoms in total. The van der Waals surface area contributed by atoms with Gasteiger partial charge in [-0.15, -0.1) is 0 Å². The minimum Gasteiger partial charge on any atom is -0.310 e. The van der Waals surface area contributed by atoms with E-state index in [4.69, 9.17) is 0 Å². The Hall–Kier alpha value is -7.82. The topological polar surface area (TPSA) is 15.3 Å². The summed E-state index contributed by atoms with van der Waals surface area (Å²) in [7, 11) is 0. The molecule has 306 valence electrons. The van der Waals surface area contributed by atoms with Gasteiger partial charge in [-0.05, 0) is 109 Å². The van der Waals surface area contributed by atoms with Gasteiger partial charge in [0.15, 0.2) is 0 Å². The van der Waals surface area contributed by atoms with Crippen LogP contribution in [0.4, 0.5) is 34.1 Å². The number of aromatic nitrogens is 2. The van der Waals surface area contributed by atoms with Gasteiger partial charge < -0.3 is 18.6 Å². The van der Waals surface area contributed by atoms with Crippen LogP contribution in [-0.2, 0) is 12.8 Å². The predicted molar refractivity (Wildman–Crippen MR) is 273 cm³/mol. The summed E-state index contributed by atoms with van der Waals surface area (Å²) in [5, 5.41) is 10.2. The molecule has 0 spiro atoms. The molecule has 0 radical (unpaired) electrons. The highest BCUT2D eigenvalue weighted by molar-refractivity contribution is 6.32. The minimum atomic E-state index is 1.05. The molecule has 0 unspecified atom stereocenters. The van der Waals surface area contributed by atoms with E-state index in [0.717, 1.165) is 48.4 Å². The lowest BCUT2D eigenvalue weighted by molar-refractivity contribution is 0.923. The first-order chi connectivity index (χ1) is 31.7. The molecule has 0 saturated carbocycles. The first-order valence-corrected chi connectivity index (χ1v) is 22.9. The second-order valence-corrected chi connectivity index (χ2v) is 17.5. The highest BCUT2D eigenvalue weighted by Crippen LogP contribution is 2.51. The van der Waals surface area contributed by atoms with Gasteiger partial charge in [0.2, 0.25) is 0 Å². The smallest absolute Gasteiger partial charge is 0.0641 e. The van der Waals surface area contributed by atoms with Crippen molar-refractivity contribution >= 4 is 110 Å². The van der Waals surface area contributed by atoms with Crippen LogP contribution in [-0.4, -0.2) is 8.80 Å². The minimum absolute atomic E-state index is 1.05. The van der Waals surface area contributed by atoms with E-state index in [-0.39, 0.29) is 0 Å². The number of benzene rings is 9. The molecule has 4 heterocycles. The number of nitrogens with zero attached hydrogens (tertiary/aromatic N) is 4. The maximum Gasteiger partial charge on any atom is 0.0641 e. The summed E-state index contributed by atoms with van der Waals surface area (Å²) in [6.45, 7) is 4.55. The zero-order valence-corrected chi connectivity index (χ0v) is 36.1. The lowest BCUT2D eigenvalue weighted by Gasteiger charge is -2.26. The van der Waals surface area contributed by atoms with Crippen molar-refractivity contribution in [2.45, 2.75) is 39.5 Å². The van der Waals surface area contributed by atoms with Crippen LogP contribution in [0.1, 0.15) is 37.8 Å². The van der Waals surface area contributed by atoms with Gasteiger partial charge in [-0.3, -0.25) is 0 Å². The van der Waals surface area contributed by atoms with Gasteiger partial charge in [-0.1, -0.05) is 136 Å². The SMILES string of the molecule is CCCc1ccc2c3c(N(c4ccccc4)c4ccccc4)ccc4c5cc6c(cc5n(c2c1)c43)c1ccc(N(c2ccccc2)c2ccccc2)c2c3ccc(CCC)cc3n6c12. The standard InChI is InChI=1S/C60H46N4/c1-3-17-39-27-29-47-53(35-39)63-55-37-50-46-32-34-52(62(43-23-13-7-14-24-43)44-25-15-8-16-26-44)58-48-30-28-40(18-4-2)36-54(48)64(60(46)58)56(50)38-49(55)45-31-33-51(57(47)59(45)63)61(41-19-9-5-10-20-41)42-21-11-6-12-22-42/h5-16,19-38H,3-4,17-18H2,1-2H3. The third-order valence-electron chi connectivity index (χ3n) is 13.7. The summed E-state index contributed by atoms with van der Waals surface area (Å²) in [5.74, 6) is 0. The van der Waals surface area contributed by atoms with Crippen molar-refractivity contribution in [2.75, 3.05) is 9.80 Å². The van der Waals surface area contributed by atoms with Gasteiger partial charge in [0.25, 0.3) is 0 Å². The molecular weight excluding hydrogens is 777 g/mol. The summed E-state index contributed by atoms with van der Waals surface area (Å²) in [6.07, 6.45) is 4.30. The molecule has 0 atom stereocenters. The normalized spacial score (nSPS) is 12.2. The molecular formula is C60H46N4. The first kappa shape index (κ1) is 36.8. The molecule has 0 aliphatic rings. The van der Waals surface area contributed by atoms with Gasteiger partial charge >= 0.3 is 0 Å². The van der Waals surface area contributed by atoms with Crippen LogP contribution in [0.5, 0.6) is 0 Å². The molecule has 0 N–H and O–H groups in total. The van der Waals surface area contributed by atoms with E-state index in [1.807, 2.05) is 0 Å². The molecule has 13 aromatic rings.